The lowest BCUT2D eigenvalue weighted by Crippen LogP contribution is -2.21. The predicted molar refractivity (Wildman–Crippen MR) is 106 cm³/mol. The molecule has 0 radical (unpaired) electrons. The monoisotopic (exact) mass is 426 g/mol. The first-order valence-electron chi connectivity index (χ1n) is 8.57. The van der Waals surface area contributed by atoms with Crippen LogP contribution in [0.3, 0.4) is 0 Å². The van der Waals surface area contributed by atoms with E-state index in [1.54, 1.807) is 18.2 Å². The van der Waals surface area contributed by atoms with Gasteiger partial charge in [0.1, 0.15) is 11.6 Å². The number of nitrogens with zero attached hydrogens (tertiary/aromatic N) is 2. The molecule has 2 aliphatic heterocycles. The Bertz CT molecular complexity index is 1230. The summed E-state index contributed by atoms with van der Waals surface area (Å²) in [6.07, 6.45) is 0. The van der Waals surface area contributed by atoms with Crippen molar-refractivity contribution in [2.24, 2.45) is 5.73 Å². The molecule has 0 saturated heterocycles. The summed E-state index contributed by atoms with van der Waals surface area (Å²) in [4.78, 5) is 0. The van der Waals surface area contributed by atoms with Crippen LogP contribution in [0.25, 0.3) is 11.3 Å². The van der Waals surface area contributed by atoms with Crippen molar-refractivity contribution < 1.29 is 14.2 Å². The summed E-state index contributed by atoms with van der Waals surface area (Å²) in [5.74, 6) is 1.04. The average molecular weight is 427 g/mol. The largest absolute Gasteiger partial charge is 0.454 e. The average Bonchev–Trinajstić information content (AvgIpc) is 3.35. The molecule has 0 fully saturated rings. The Morgan fingerprint density at radius 2 is 1.93 bits per heavy atom. The fraction of sp³-hybridized carbons (Fsp3) is 0.100. The fourth-order valence-electron chi connectivity index (χ4n) is 3.54. The number of nitrogens with two attached hydrogens (primary N) is 1. The first-order chi connectivity index (χ1) is 14.1. The van der Waals surface area contributed by atoms with Gasteiger partial charge >= 0.3 is 0 Å². The molecule has 3 aromatic rings. The number of nitriles is 1. The summed E-state index contributed by atoms with van der Waals surface area (Å²) in [7, 11) is 0. The van der Waals surface area contributed by atoms with Gasteiger partial charge in [-0.3, -0.25) is 5.10 Å². The van der Waals surface area contributed by atoms with E-state index in [9.17, 15) is 5.26 Å². The Morgan fingerprint density at radius 1 is 1.10 bits per heavy atom. The van der Waals surface area contributed by atoms with Gasteiger partial charge in [-0.1, -0.05) is 35.3 Å². The molecule has 9 heteroatoms. The molecule has 7 nitrogen and oxygen atoms in total. The highest BCUT2D eigenvalue weighted by Gasteiger charge is 2.36. The van der Waals surface area contributed by atoms with Crippen molar-refractivity contribution >= 4 is 23.2 Å². The lowest BCUT2D eigenvalue weighted by Gasteiger charge is -2.24. The number of rotatable bonds is 2. The van der Waals surface area contributed by atoms with Crippen LogP contribution >= 0.6 is 23.2 Å². The van der Waals surface area contributed by atoms with Crippen LogP contribution < -0.4 is 19.9 Å². The molecule has 0 spiro atoms. The van der Waals surface area contributed by atoms with E-state index in [0.29, 0.717) is 38.7 Å². The van der Waals surface area contributed by atoms with E-state index in [1.165, 1.54) is 0 Å². The molecule has 0 saturated carbocycles. The number of ether oxygens (including phenoxy) is 3. The van der Waals surface area contributed by atoms with E-state index in [0.717, 1.165) is 11.1 Å². The third-order valence-electron chi connectivity index (χ3n) is 4.88. The first-order valence-corrected chi connectivity index (χ1v) is 9.33. The van der Waals surface area contributed by atoms with Gasteiger partial charge in [0.15, 0.2) is 11.5 Å². The molecule has 5 rings (SSSR count). The molecule has 1 aromatic heterocycles. The zero-order chi connectivity index (χ0) is 20.1. The van der Waals surface area contributed by atoms with Gasteiger partial charge in [0.05, 0.1) is 27.2 Å². The molecule has 3 N–H and O–H groups in total. The Kier molecular flexibility index (Phi) is 4.05. The molecule has 3 heterocycles. The molecule has 0 aliphatic carbocycles. The molecular formula is C20H12Cl2N4O3. The predicted octanol–water partition coefficient (Wildman–Crippen LogP) is 4.33. The maximum absolute atomic E-state index is 9.80. The maximum Gasteiger partial charge on any atom is 0.244 e. The maximum atomic E-state index is 9.80. The second kappa shape index (κ2) is 6.62. The number of halogens is 2. The van der Waals surface area contributed by atoms with Gasteiger partial charge in [0.25, 0.3) is 0 Å². The summed E-state index contributed by atoms with van der Waals surface area (Å²) < 4.78 is 16.5. The number of nitrogens with one attached hydrogen (secondary N) is 1. The molecule has 144 valence electrons. The van der Waals surface area contributed by atoms with Crippen LogP contribution in [0.1, 0.15) is 17.0 Å². The first kappa shape index (κ1) is 17.7. The third kappa shape index (κ3) is 2.77. The summed E-state index contributed by atoms with van der Waals surface area (Å²) in [5.41, 5.74) is 9.17. The van der Waals surface area contributed by atoms with E-state index in [2.05, 4.69) is 16.3 Å². The third-order valence-corrected chi connectivity index (χ3v) is 5.62. The molecule has 29 heavy (non-hydrogen) atoms. The van der Waals surface area contributed by atoms with Crippen LogP contribution in [0, 0.1) is 11.3 Å². The van der Waals surface area contributed by atoms with Gasteiger partial charge in [-0.2, -0.15) is 5.26 Å². The zero-order valence-corrected chi connectivity index (χ0v) is 16.2. The number of aromatic nitrogens is 2. The number of hydrogen-bond donors (Lipinski definition) is 2. The van der Waals surface area contributed by atoms with Gasteiger partial charge in [0.2, 0.25) is 18.6 Å². The molecule has 2 aliphatic rings. The van der Waals surface area contributed by atoms with Crippen LogP contribution in [0.2, 0.25) is 10.0 Å². The highest BCUT2D eigenvalue weighted by molar-refractivity contribution is 6.42. The van der Waals surface area contributed by atoms with Crippen LogP contribution in [0.4, 0.5) is 0 Å². The topological polar surface area (TPSA) is 106 Å². The SMILES string of the molecule is N#CC1=C(N)Oc2n[nH]c(-c3ccc(Cl)c(Cl)c3)c2[C@@H]1c1ccc2c(c1)OCO2. The number of fused-ring (bicyclic) bond motifs is 2. The highest BCUT2D eigenvalue weighted by atomic mass is 35.5. The Morgan fingerprint density at radius 3 is 2.72 bits per heavy atom. The molecule has 0 bridgehead atoms. The summed E-state index contributed by atoms with van der Waals surface area (Å²) >= 11 is 12.3. The lowest BCUT2D eigenvalue weighted by atomic mass is 9.83. The molecule has 2 aromatic carbocycles. The van der Waals surface area contributed by atoms with Crippen LogP contribution in [0.5, 0.6) is 17.4 Å². The van der Waals surface area contributed by atoms with Gasteiger partial charge in [0, 0.05) is 5.56 Å². The van der Waals surface area contributed by atoms with Gasteiger partial charge in [-0.25, -0.2) is 0 Å². The minimum atomic E-state index is -0.513. The standard InChI is InChI=1S/C20H12Cl2N4O3/c21-12-3-1-10(5-13(12)22)18-17-16(9-2-4-14-15(6-9)28-8-27-14)11(7-23)19(24)29-20(17)26-25-18/h1-6,16H,8,24H2,(H,25,26)/t16-/m1/s1. The van der Waals surface area contributed by atoms with E-state index in [1.807, 2.05) is 18.2 Å². The van der Waals surface area contributed by atoms with Crippen LogP contribution in [-0.2, 0) is 0 Å². The Labute approximate surface area is 175 Å². The van der Waals surface area contributed by atoms with Crippen LogP contribution in [-0.4, -0.2) is 17.0 Å². The van der Waals surface area contributed by atoms with E-state index in [-0.39, 0.29) is 18.2 Å². The molecular weight excluding hydrogens is 415 g/mol. The quantitative estimate of drug-likeness (QED) is 0.631. The second-order valence-corrected chi connectivity index (χ2v) is 7.30. The second-order valence-electron chi connectivity index (χ2n) is 6.48. The van der Waals surface area contributed by atoms with Crippen LogP contribution in [0.15, 0.2) is 47.9 Å². The normalized spacial score (nSPS) is 16.9. The van der Waals surface area contributed by atoms with Gasteiger partial charge in [-0.05, 0) is 29.8 Å². The van der Waals surface area contributed by atoms with E-state index < -0.39 is 5.92 Å². The minimum Gasteiger partial charge on any atom is -0.454 e. The van der Waals surface area contributed by atoms with Crippen molar-refractivity contribution in [1.82, 2.24) is 10.2 Å². The minimum absolute atomic E-state index is 0.00913. The van der Waals surface area contributed by atoms with Gasteiger partial charge < -0.3 is 19.9 Å². The van der Waals surface area contributed by atoms with Crippen molar-refractivity contribution in [3.8, 4) is 34.7 Å². The van der Waals surface area contributed by atoms with E-state index >= 15 is 0 Å². The van der Waals surface area contributed by atoms with Crippen molar-refractivity contribution in [2.75, 3.05) is 6.79 Å². The van der Waals surface area contributed by atoms with E-state index in [4.69, 9.17) is 43.1 Å². The number of aromatic amines is 1. The summed E-state index contributed by atoms with van der Waals surface area (Å²) in [6.45, 7) is 0.154. The molecule has 1 atom stereocenters. The smallest absolute Gasteiger partial charge is 0.244 e. The lowest BCUT2D eigenvalue weighted by molar-refractivity contribution is 0.174. The Hall–Kier alpha value is -3.34. The fourth-order valence-corrected chi connectivity index (χ4v) is 3.84. The Balaban J connectivity index is 1.72. The molecule has 0 amide bonds. The van der Waals surface area contributed by atoms with Crippen molar-refractivity contribution in [1.29, 1.82) is 5.26 Å². The van der Waals surface area contributed by atoms with Crippen molar-refractivity contribution in [3.63, 3.8) is 0 Å². The molecule has 0 unspecified atom stereocenters. The number of H-pyrrole nitrogens is 1. The number of allylic oxidation sites excluding steroid dienone is 1. The number of hydrogen-bond acceptors (Lipinski definition) is 6. The summed E-state index contributed by atoms with van der Waals surface area (Å²) in [5, 5.41) is 17.9. The van der Waals surface area contributed by atoms with Crippen molar-refractivity contribution in [3.05, 3.63) is 69.0 Å². The highest BCUT2D eigenvalue weighted by Crippen LogP contribution is 2.47. The number of benzene rings is 2. The zero-order valence-electron chi connectivity index (χ0n) is 14.7. The summed E-state index contributed by atoms with van der Waals surface area (Å²) in [6, 6.07) is 12.9. The van der Waals surface area contributed by atoms with Gasteiger partial charge in [-0.15, -0.1) is 5.10 Å². The van der Waals surface area contributed by atoms with Crippen molar-refractivity contribution in [2.45, 2.75) is 5.92 Å².